The normalized spacial score (nSPS) is 16.5. The maximum absolute atomic E-state index is 13.5. The van der Waals surface area contributed by atoms with E-state index in [9.17, 15) is 19.8 Å². The molecule has 1 atom stereocenters. The van der Waals surface area contributed by atoms with Crippen molar-refractivity contribution in [2.24, 2.45) is 0 Å². The fourth-order valence-corrected chi connectivity index (χ4v) is 4.62. The van der Waals surface area contributed by atoms with Crippen molar-refractivity contribution in [1.82, 2.24) is 14.8 Å². The van der Waals surface area contributed by atoms with Crippen molar-refractivity contribution >= 4 is 23.0 Å². The lowest BCUT2D eigenvalue weighted by atomic mass is 9.94. The van der Waals surface area contributed by atoms with E-state index in [2.05, 4.69) is 4.98 Å². The molecule has 2 N–H and O–H groups in total. The molecule has 2 heterocycles. The first-order valence-electron chi connectivity index (χ1n) is 9.90. The van der Waals surface area contributed by atoms with Gasteiger partial charge in [0.25, 0.3) is 5.91 Å². The van der Waals surface area contributed by atoms with Gasteiger partial charge in [-0.15, -0.1) is 11.3 Å². The summed E-state index contributed by atoms with van der Waals surface area (Å²) in [5, 5.41) is 21.5. The molecule has 0 saturated carbocycles. The number of phenols is 1. The third-order valence-corrected chi connectivity index (χ3v) is 6.25. The number of thiazole rings is 1. The highest BCUT2D eigenvalue weighted by molar-refractivity contribution is 7.14. The number of aliphatic hydroxyl groups is 1. The van der Waals surface area contributed by atoms with Gasteiger partial charge in [0.05, 0.1) is 34.3 Å². The van der Waals surface area contributed by atoms with Crippen molar-refractivity contribution in [2.75, 3.05) is 34.3 Å². The van der Waals surface area contributed by atoms with E-state index in [1.54, 1.807) is 26.0 Å². The van der Waals surface area contributed by atoms with E-state index in [0.29, 0.717) is 29.1 Å². The van der Waals surface area contributed by atoms with Crippen LogP contribution in [0.15, 0.2) is 29.5 Å². The number of rotatable bonds is 8. The van der Waals surface area contributed by atoms with Gasteiger partial charge in [0.2, 0.25) is 5.78 Å². The van der Waals surface area contributed by atoms with Gasteiger partial charge in [-0.3, -0.25) is 9.59 Å². The van der Waals surface area contributed by atoms with Crippen LogP contribution in [-0.4, -0.2) is 71.0 Å². The summed E-state index contributed by atoms with van der Waals surface area (Å²) in [4.78, 5) is 34.6. The molecule has 0 saturated heterocycles. The van der Waals surface area contributed by atoms with Crippen LogP contribution in [0.25, 0.3) is 0 Å². The molecule has 31 heavy (non-hydrogen) atoms. The molecule has 9 heteroatoms. The van der Waals surface area contributed by atoms with Crippen LogP contribution in [0.1, 0.15) is 38.4 Å². The lowest BCUT2D eigenvalue weighted by Crippen LogP contribution is -2.33. The summed E-state index contributed by atoms with van der Waals surface area (Å²) in [7, 11) is 5.30. The summed E-state index contributed by atoms with van der Waals surface area (Å²) in [6.07, 6.45) is 0.665. The number of aromatic nitrogens is 1. The number of aryl methyl sites for hydroxylation is 2. The molecule has 2 aromatic rings. The van der Waals surface area contributed by atoms with Crippen LogP contribution in [-0.2, 0) is 4.79 Å². The predicted molar refractivity (Wildman–Crippen MR) is 118 cm³/mol. The van der Waals surface area contributed by atoms with Gasteiger partial charge in [-0.25, -0.2) is 4.98 Å². The van der Waals surface area contributed by atoms with Crippen LogP contribution in [0.3, 0.4) is 0 Å². The third-order valence-electron chi connectivity index (χ3n) is 5.18. The second-order valence-electron chi connectivity index (χ2n) is 7.73. The number of nitrogens with zero attached hydrogens (tertiary/aromatic N) is 3. The number of carbonyl (C=O) groups excluding carboxylic acids is 2. The van der Waals surface area contributed by atoms with Crippen LogP contribution >= 0.6 is 11.3 Å². The first kappa shape index (κ1) is 22.8. The molecule has 1 unspecified atom stereocenters. The number of Topliss-reactive ketones (excluding diaryl/α,β-unsaturated/α-hetero) is 1. The molecule has 1 amide bonds. The van der Waals surface area contributed by atoms with Crippen LogP contribution in [0.5, 0.6) is 11.5 Å². The topological polar surface area (TPSA) is 103 Å². The summed E-state index contributed by atoms with van der Waals surface area (Å²) in [5.41, 5.74) is 1.15. The predicted octanol–water partition coefficient (Wildman–Crippen LogP) is 3.00. The van der Waals surface area contributed by atoms with Gasteiger partial charge in [-0.05, 0) is 58.6 Å². The summed E-state index contributed by atoms with van der Waals surface area (Å²) < 4.78 is 5.22. The van der Waals surface area contributed by atoms with Gasteiger partial charge in [0, 0.05) is 6.54 Å². The Labute approximate surface area is 185 Å². The number of ether oxygens (including phenoxy) is 1. The van der Waals surface area contributed by atoms with Gasteiger partial charge in [-0.2, -0.15) is 0 Å². The lowest BCUT2D eigenvalue weighted by molar-refractivity contribution is -0.129. The fraction of sp³-hybridized carbons (Fsp3) is 0.409. The van der Waals surface area contributed by atoms with Crippen LogP contribution in [0.4, 0.5) is 0 Å². The smallest absolute Gasteiger partial charge is 0.290 e. The molecule has 0 spiro atoms. The number of ketones is 1. The van der Waals surface area contributed by atoms with Crippen molar-refractivity contribution in [3.63, 3.8) is 0 Å². The Kier molecular flexibility index (Phi) is 6.66. The number of hydrogen-bond donors (Lipinski definition) is 2. The van der Waals surface area contributed by atoms with Crippen molar-refractivity contribution in [1.29, 1.82) is 0 Å². The SMILES string of the molecule is COc1cc(C2C(C(=O)c3sc(C)nc3C)=C(O)C(=O)N2CCCN(C)C)ccc1O. The maximum Gasteiger partial charge on any atom is 0.290 e. The highest BCUT2D eigenvalue weighted by Gasteiger charge is 2.44. The van der Waals surface area contributed by atoms with Gasteiger partial charge in [0.1, 0.15) is 0 Å². The second kappa shape index (κ2) is 9.07. The minimum absolute atomic E-state index is 0.0225. The number of benzene rings is 1. The zero-order valence-corrected chi connectivity index (χ0v) is 19.1. The number of amides is 1. The molecule has 1 aliphatic heterocycles. The highest BCUT2D eigenvalue weighted by Crippen LogP contribution is 2.42. The number of aliphatic hydroxyl groups excluding tert-OH is 1. The molecule has 166 valence electrons. The van der Waals surface area contributed by atoms with E-state index < -0.39 is 23.5 Å². The zero-order valence-electron chi connectivity index (χ0n) is 18.3. The van der Waals surface area contributed by atoms with E-state index in [1.165, 1.54) is 29.4 Å². The molecule has 3 rings (SSSR count). The van der Waals surface area contributed by atoms with Gasteiger partial charge >= 0.3 is 0 Å². The molecule has 1 aromatic carbocycles. The Hall–Kier alpha value is -2.91. The number of methoxy groups -OCH3 is 1. The minimum Gasteiger partial charge on any atom is -0.504 e. The molecule has 1 aromatic heterocycles. The van der Waals surface area contributed by atoms with Gasteiger partial charge in [0.15, 0.2) is 17.3 Å². The minimum atomic E-state index is -0.793. The van der Waals surface area contributed by atoms with Crippen molar-refractivity contribution < 1.29 is 24.5 Å². The highest BCUT2D eigenvalue weighted by atomic mass is 32.1. The average Bonchev–Trinajstić information content (AvgIpc) is 3.18. The van der Waals surface area contributed by atoms with E-state index in [0.717, 1.165) is 11.6 Å². The standard InChI is InChI=1S/C22H27N3O5S/c1-12-21(31-13(2)23-12)19(27)17-18(14-7-8-15(26)16(11-14)30-5)25(22(29)20(17)28)10-6-9-24(3)4/h7-8,11,18,26,28H,6,9-10H2,1-5H3. The maximum atomic E-state index is 13.5. The Balaban J connectivity index is 2.08. The van der Waals surface area contributed by atoms with E-state index in [-0.39, 0.29) is 17.1 Å². The van der Waals surface area contributed by atoms with Crippen molar-refractivity contribution in [3.8, 4) is 11.5 Å². The Morgan fingerprint density at radius 3 is 2.58 bits per heavy atom. The molecular weight excluding hydrogens is 418 g/mol. The molecule has 0 bridgehead atoms. The first-order chi connectivity index (χ1) is 14.6. The monoisotopic (exact) mass is 445 g/mol. The number of carbonyl (C=O) groups is 2. The third kappa shape index (κ3) is 4.42. The Morgan fingerprint density at radius 2 is 2.00 bits per heavy atom. The average molecular weight is 446 g/mol. The Morgan fingerprint density at radius 1 is 1.29 bits per heavy atom. The summed E-state index contributed by atoms with van der Waals surface area (Å²) >= 11 is 1.24. The molecular formula is C22H27N3O5S. The van der Waals surface area contributed by atoms with Crippen LogP contribution in [0, 0.1) is 13.8 Å². The van der Waals surface area contributed by atoms with E-state index >= 15 is 0 Å². The van der Waals surface area contributed by atoms with Gasteiger partial charge < -0.3 is 24.7 Å². The van der Waals surface area contributed by atoms with Crippen molar-refractivity contribution in [3.05, 3.63) is 50.7 Å². The first-order valence-corrected chi connectivity index (χ1v) is 10.7. The quantitative estimate of drug-likeness (QED) is 0.602. The molecule has 0 fully saturated rings. The molecule has 1 aliphatic rings. The summed E-state index contributed by atoms with van der Waals surface area (Å²) in [5.74, 6) is -1.37. The van der Waals surface area contributed by atoms with Crippen LogP contribution < -0.4 is 4.74 Å². The van der Waals surface area contributed by atoms with Crippen molar-refractivity contribution in [2.45, 2.75) is 26.3 Å². The molecule has 0 aliphatic carbocycles. The number of aromatic hydroxyl groups is 1. The van der Waals surface area contributed by atoms with E-state index in [1.807, 2.05) is 19.0 Å². The molecule has 0 radical (unpaired) electrons. The summed E-state index contributed by atoms with van der Waals surface area (Å²) in [6, 6.07) is 3.88. The largest absolute Gasteiger partial charge is 0.504 e. The Bertz CT molecular complexity index is 1040. The van der Waals surface area contributed by atoms with Gasteiger partial charge in [-0.1, -0.05) is 6.07 Å². The number of phenolic OH excluding ortho intramolecular Hbond substituents is 1. The number of hydrogen-bond acceptors (Lipinski definition) is 8. The zero-order chi connectivity index (χ0) is 22.9. The second-order valence-corrected chi connectivity index (χ2v) is 8.93. The lowest BCUT2D eigenvalue weighted by Gasteiger charge is -2.27. The molecule has 8 nitrogen and oxygen atoms in total. The summed E-state index contributed by atoms with van der Waals surface area (Å²) in [6.45, 7) is 4.63. The van der Waals surface area contributed by atoms with Crippen LogP contribution in [0.2, 0.25) is 0 Å². The van der Waals surface area contributed by atoms with E-state index in [4.69, 9.17) is 4.74 Å². The fourth-order valence-electron chi connectivity index (χ4n) is 3.75.